The summed E-state index contributed by atoms with van der Waals surface area (Å²) in [4.78, 5) is 0. The van der Waals surface area contributed by atoms with E-state index in [4.69, 9.17) is 14.2 Å². The van der Waals surface area contributed by atoms with Crippen LogP contribution in [0, 0.1) is 0 Å². The van der Waals surface area contributed by atoms with Gasteiger partial charge in [-0.3, -0.25) is 0 Å². The second kappa shape index (κ2) is 4.09. The van der Waals surface area contributed by atoms with E-state index in [1.165, 1.54) is 0 Å². The minimum atomic E-state index is 0.672. The van der Waals surface area contributed by atoms with Gasteiger partial charge in [0.1, 0.15) is 0 Å². The summed E-state index contributed by atoms with van der Waals surface area (Å²) in [5.74, 6) is 2.15. The van der Waals surface area contributed by atoms with Crippen LogP contribution in [-0.2, 0) is 0 Å². The molecule has 1 aromatic carbocycles. The molecule has 1 heterocycles. The third-order valence-electron chi connectivity index (χ3n) is 2.00. The Morgan fingerprint density at radius 3 is 2.86 bits per heavy atom. The molecular formula is C10H11BrO3. The first-order valence-electron chi connectivity index (χ1n) is 4.44. The summed E-state index contributed by atoms with van der Waals surface area (Å²) >= 11 is 3.39. The molecule has 0 atom stereocenters. The third kappa shape index (κ3) is 1.80. The molecule has 0 N–H and O–H groups in total. The fourth-order valence-corrected chi connectivity index (χ4v) is 1.78. The van der Waals surface area contributed by atoms with Crippen molar-refractivity contribution in [3.8, 4) is 17.2 Å². The zero-order chi connectivity index (χ0) is 9.97. The number of fused-ring (bicyclic) bond motifs is 1. The molecule has 0 aliphatic carbocycles. The van der Waals surface area contributed by atoms with Gasteiger partial charge in [0, 0.05) is 10.9 Å². The van der Waals surface area contributed by atoms with E-state index in [-0.39, 0.29) is 0 Å². The molecule has 1 aliphatic rings. The highest BCUT2D eigenvalue weighted by Crippen LogP contribution is 2.41. The zero-order valence-corrected chi connectivity index (χ0v) is 9.46. The first-order valence-corrected chi connectivity index (χ1v) is 5.23. The van der Waals surface area contributed by atoms with E-state index in [1.807, 2.05) is 12.1 Å². The number of halogens is 1. The van der Waals surface area contributed by atoms with Crippen LogP contribution in [0.3, 0.4) is 0 Å². The summed E-state index contributed by atoms with van der Waals surface area (Å²) in [5, 5.41) is 0. The smallest absolute Gasteiger partial charge is 0.203 e. The van der Waals surface area contributed by atoms with Gasteiger partial charge in [-0.25, -0.2) is 0 Å². The van der Waals surface area contributed by atoms with Crippen molar-refractivity contribution in [1.82, 2.24) is 0 Å². The second-order valence-electron chi connectivity index (χ2n) is 2.99. The molecule has 0 fully saturated rings. The Morgan fingerprint density at radius 1 is 1.29 bits per heavy atom. The molecule has 0 saturated carbocycles. The van der Waals surface area contributed by atoms with Gasteiger partial charge in [-0.2, -0.15) is 0 Å². The maximum atomic E-state index is 5.55. The van der Waals surface area contributed by atoms with Crippen molar-refractivity contribution in [2.75, 3.05) is 20.3 Å². The van der Waals surface area contributed by atoms with E-state index >= 15 is 0 Å². The molecule has 1 aliphatic heterocycles. The summed E-state index contributed by atoms with van der Waals surface area (Å²) in [6, 6.07) is 3.76. The second-order valence-corrected chi connectivity index (χ2v) is 3.90. The number of methoxy groups -OCH3 is 1. The van der Waals surface area contributed by atoms with E-state index in [2.05, 4.69) is 15.9 Å². The molecule has 0 amide bonds. The molecule has 1 aromatic rings. The molecule has 0 aromatic heterocycles. The van der Waals surface area contributed by atoms with Crippen LogP contribution in [0.5, 0.6) is 17.2 Å². The quantitative estimate of drug-likeness (QED) is 0.775. The van der Waals surface area contributed by atoms with Gasteiger partial charge >= 0.3 is 0 Å². The number of benzene rings is 1. The molecule has 0 unspecified atom stereocenters. The average Bonchev–Trinajstić information content (AvgIpc) is 2.41. The minimum Gasteiger partial charge on any atom is -0.493 e. The Kier molecular flexibility index (Phi) is 2.82. The predicted molar refractivity (Wildman–Crippen MR) is 56.3 cm³/mol. The van der Waals surface area contributed by atoms with Crippen LogP contribution in [-0.4, -0.2) is 20.3 Å². The third-order valence-corrected chi connectivity index (χ3v) is 2.46. The number of ether oxygens (including phenoxy) is 3. The monoisotopic (exact) mass is 258 g/mol. The van der Waals surface area contributed by atoms with E-state index in [9.17, 15) is 0 Å². The van der Waals surface area contributed by atoms with Gasteiger partial charge in [0.25, 0.3) is 0 Å². The van der Waals surface area contributed by atoms with Crippen LogP contribution in [0.25, 0.3) is 0 Å². The van der Waals surface area contributed by atoms with Crippen LogP contribution in [0.1, 0.15) is 6.42 Å². The van der Waals surface area contributed by atoms with E-state index in [0.29, 0.717) is 24.7 Å². The molecule has 3 nitrogen and oxygen atoms in total. The van der Waals surface area contributed by atoms with Crippen molar-refractivity contribution in [3.63, 3.8) is 0 Å². The molecular weight excluding hydrogens is 248 g/mol. The Balaban J connectivity index is 2.46. The summed E-state index contributed by atoms with van der Waals surface area (Å²) in [6.07, 6.45) is 0.898. The number of hydrogen-bond donors (Lipinski definition) is 0. The van der Waals surface area contributed by atoms with E-state index in [1.54, 1.807) is 7.11 Å². The Bertz CT molecular complexity index is 338. The Labute approximate surface area is 91.1 Å². The summed E-state index contributed by atoms with van der Waals surface area (Å²) in [6.45, 7) is 1.36. The molecule has 0 radical (unpaired) electrons. The molecule has 76 valence electrons. The molecule has 2 rings (SSSR count). The zero-order valence-electron chi connectivity index (χ0n) is 7.88. The number of rotatable bonds is 1. The van der Waals surface area contributed by atoms with Crippen LogP contribution >= 0.6 is 15.9 Å². The standard InChI is InChI=1S/C10H11BrO3/c1-12-8-5-7(11)6-9-10(8)14-4-2-3-13-9/h5-6H,2-4H2,1H3. The van der Waals surface area contributed by atoms with Crippen molar-refractivity contribution in [2.45, 2.75) is 6.42 Å². The van der Waals surface area contributed by atoms with Gasteiger partial charge in [-0.15, -0.1) is 0 Å². The fraction of sp³-hybridized carbons (Fsp3) is 0.400. The fourth-order valence-electron chi connectivity index (χ4n) is 1.36. The highest BCUT2D eigenvalue weighted by Gasteiger charge is 2.16. The van der Waals surface area contributed by atoms with Crippen LogP contribution in [0.15, 0.2) is 16.6 Å². The lowest BCUT2D eigenvalue weighted by molar-refractivity contribution is 0.289. The predicted octanol–water partition coefficient (Wildman–Crippen LogP) is 2.62. The first-order chi connectivity index (χ1) is 6.81. The summed E-state index contributed by atoms with van der Waals surface area (Å²) in [5.41, 5.74) is 0. The van der Waals surface area contributed by atoms with Gasteiger partial charge < -0.3 is 14.2 Å². The maximum Gasteiger partial charge on any atom is 0.203 e. The molecule has 14 heavy (non-hydrogen) atoms. The van der Waals surface area contributed by atoms with Crippen LogP contribution in [0.2, 0.25) is 0 Å². The van der Waals surface area contributed by atoms with Crippen molar-refractivity contribution in [1.29, 1.82) is 0 Å². The van der Waals surface area contributed by atoms with E-state index in [0.717, 1.165) is 16.6 Å². The highest BCUT2D eigenvalue weighted by molar-refractivity contribution is 9.10. The Hall–Kier alpha value is -0.900. The molecule has 0 saturated heterocycles. The topological polar surface area (TPSA) is 27.7 Å². The van der Waals surface area contributed by atoms with Gasteiger partial charge in [0.05, 0.1) is 20.3 Å². The van der Waals surface area contributed by atoms with Gasteiger partial charge in [0.2, 0.25) is 5.75 Å². The summed E-state index contributed by atoms with van der Waals surface area (Å²) in [7, 11) is 1.62. The lowest BCUT2D eigenvalue weighted by atomic mass is 10.3. The summed E-state index contributed by atoms with van der Waals surface area (Å²) < 4.78 is 17.2. The number of hydrogen-bond acceptors (Lipinski definition) is 3. The van der Waals surface area contributed by atoms with Crippen LogP contribution in [0.4, 0.5) is 0 Å². The van der Waals surface area contributed by atoms with Gasteiger partial charge in [-0.1, -0.05) is 15.9 Å². The molecule has 0 bridgehead atoms. The highest BCUT2D eigenvalue weighted by atomic mass is 79.9. The van der Waals surface area contributed by atoms with Crippen molar-refractivity contribution in [2.24, 2.45) is 0 Å². The lowest BCUT2D eigenvalue weighted by Gasteiger charge is -2.11. The van der Waals surface area contributed by atoms with Crippen LogP contribution < -0.4 is 14.2 Å². The lowest BCUT2D eigenvalue weighted by Crippen LogP contribution is -1.98. The van der Waals surface area contributed by atoms with E-state index < -0.39 is 0 Å². The first kappa shape index (κ1) is 9.65. The average molecular weight is 259 g/mol. The van der Waals surface area contributed by atoms with Crippen molar-refractivity contribution >= 4 is 15.9 Å². The SMILES string of the molecule is COc1cc(Br)cc2c1OCCCO2. The normalized spacial score (nSPS) is 14.7. The van der Waals surface area contributed by atoms with Crippen molar-refractivity contribution in [3.05, 3.63) is 16.6 Å². The van der Waals surface area contributed by atoms with Gasteiger partial charge in [-0.05, 0) is 12.1 Å². The molecule has 4 heteroatoms. The largest absolute Gasteiger partial charge is 0.493 e. The van der Waals surface area contributed by atoms with Gasteiger partial charge in [0.15, 0.2) is 11.5 Å². The minimum absolute atomic E-state index is 0.672. The molecule has 0 spiro atoms. The maximum absolute atomic E-state index is 5.55. The Morgan fingerprint density at radius 2 is 2.07 bits per heavy atom. The van der Waals surface area contributed by atoms with Crippen molar-refractivity contribution < 1.29 is 14.2 Å².